The second-order valence-electron chi connectivity index (χ2n) is 6.51. The van der Waals surface area contributed by atoms with Crippen molar-refractivity contribution in [1.29, 1.82) is 0 Å². The highest BCUT2D eigenvalue weighted by atomic mass is 16.5. The number of hydrogen-bond donors (Lipinski definition) is 0. The molecule has 1 aliphatic heterocycles. The summed E-state index contributed by atoms with van der Waals surface area (Å²) in [6.07, 6.45) is 2.53. The molecule has 1 saturated heterocycles. The van der Waals surface area contributed by atoms with E-state index in [9.17, 15) is 0 Å². The van der Waals surface area contributed by atoms with Gasteiger partial charge < -0.3 is 9.64 Å². The molecule has 3 nitrogen and oxygen atoms in total. The van der Waals surface area contributed by atoms with E-state index in [1.807, 2.05) is 30.3 Å². The van der Waals surface area contributed by atoms with Crippen LogP contribution in [0.5, 0.6) is 11.5 Å². The Hall–Kier alpha value is -1.84. The van der Waals surface area contributed by atoms with Crippen molar-refractivity contribution >= 4 is 0 Å². The molecule has 0 spiro atoms. The summed E-state index contributed by atoms with van der Waals surface area (Å²) in [5, 5.41) is 0. The Labute approximate surface area is 139 Å². The highest BCUT2D eigenvalue weighted by Crippen LogP contribution is 2.22. The Balaban J connectivity index is 1.55. The molecule has 0 bridgehead atoms. The number of rotatable bonds is 5. The van der Waals surface area contributed by atoms with Crippen molar-refractivity contribution in [2.45, 2.75) is 25.4 Å². The van der Waals surface area contributed by atoms with Crippen LogP contribution in [0.15, 0.2) is 54.6 Å². The largest absolute Gasteiger partial charge is 0.457 e. The Bertz CT molecular complexity index is 589. The summed E-state index contributed by atoms with van der Waals surface area (Å²) in [6.45, 7) is 3.41. The summed E-state index contributed by atoms with van der Waals surface area (Å²) in [7, 11) is 4.45. The summed E-state index contributed by atoms with van der Waals surface area (Å²) in [5.41, 5.74) is 1.34. The molecule has 122 valence electrons. The van der Waals surface area contributed by atoms with Gasteiger partial charge in [-0.25, -0.2) is 0 Å². The lowest BCUT2D eigenvalue weighted by atomic mass is 10.0. The van der Waals surface area contributed by atoms with Crippen LogP contribution in [0.2, 0.25) is 0 Å². The fraction of sp³-hybridized carbons (Fsp3) is 0.400. The zero-order valence-corrected chi connectivity index (χ0v) is 14.1. The van der Waals surface area contributed by atoms with Gasteiger partial charge in [-0.3, -0.25) is 4.90 Å². The third kappa shape index (κ3) is 4.57. The first-order chi connectivity index (χ1) is 11.2. The zero-order chi connectivity index (χ0) is 16.1. The van der Waals surface area contributed by atoms with Crippen LogP contribution >= 0.6 is 0 Å². The third-order valence-corrected chi connectivity index (χ3v) is 4.65. The number of para-hydroxylation sites is 1. The normalized spacial score (nSPS) is 16.7. The predicted molar refractivity (Wildman–Crippen MR) is 94.9 cm³/mol. The highest BCUT2D eigenvalue weighted by Gasteiger charge is 2.20. The number of piperidine rings is 1. The molecule has 0 radical (unpaired) electrons. The second kappa shape index (κ2) is 7.62. The zero-order valence-electron chi connectivity index (χ0n) is 14.1. The van der Waals surface area contributed by atoms with Crippen molar-refractivity contribution in [2.75, 3.05) is 27.2 Å². The molecule has 23 heavy (non-hydrogen) atoms. The van der Waals surface area contributed by atoms with E-state index in [2.05, 4.69) is 48.2 Å². The van der Waals surface area contributed by atoms with E-state index < -0.39 is 0 Å². The van der Waals surface area contributed by atoms with Crippen molar-refractivity contribution in [3.8, 4) is 11.5 Å². The maximum Gasteiger partial charge on any atom is 0.127 e. The molecule has 0 aliphatic carbocycles. The fourth-order valence-electron chi connectivity index (χ4n) is 3.14. The van der Waals surface area contributed by atoms with Crippen LogP contribution in [-0.4, -0.2) is 43.0 Å². The molecular weight excluding hydrogens is 284 g/mol. The van der Waals surface area contributed by atoms with Gasteiger partial charge in [-0.15, -0.1) is 0 Å². The van der Waals surface area contributed by atoms with E-state index in [4.69, 9.17) is 4.74 Å². The SMILES string of the molecule is CN1CCC(N(C)Cc2ccc(Oc3ccccc3)cc2)CC1. The predicted octanol–water partition coefficient (Wildman–Crippen LogP) is 4.00. The molecule has 0 aromatic heterocycles. The molecule has 1 heterocycles. The van der Waals surface area contributed by atoms with Gasteiger partial charge in [0, 0.05) is 12.6 Å². The van der Waals surface area contributed by atoms with E-state index in [-0.39, 0.29) is 0 Å². The van der Waals surface area contributed by atoms with Crippen molar-refractivity contribution in [1.82, 2.24) is 9.80 Å². The summed E-state index contributed by atoms with van der Waals surface area (Å²) in [6, 6.07) is 19.1. The molecule has 0 saturated carbocycles. The van der Waals surface area contributed by atoms with Crippen LogP contribution in [0.25, 0.3) is 0 Å². The van der Waals surface area contributed by atoms with Crippen molar-refractivity contribution in [2.24, 2.45) is 0 Å². The van der Waals surface area contributed by atoms with Gasteiger partial charge in [0.2, 0.25) is 0 Å². The molecule has 3 heteroatoms. The first kappa shape index (κ1) is 16.0. The Kier molecular flexibility index (Phi) is 5.31. The Morgan fingerprint density at radius 2 is 1.57 bits per heavy atom. The van der Waals surface area contributed by atoms with E-state index in [1.165, 1.54) is 31.5 Å². The molecule has 1 fully saturated rings. The standard InChI is InChI=1S/C20H26N2O/c1-21-14-12-18(13-15-21)22(2)16-17-8-10-20(11-9-17)23-19-6-4-3-5-7-19/h3-11,18H,12-16H2,1-2H3. The van der Waals surface area contributed by atoms with Gasteiger partial charge in [-0.1, -0.05) is 30.3 Å². The molecule has 0 unspecified atom stereocenters. The monoisotopic (exact) mass is 310 g/mol. The molecule has 3 rings (SSSR count). The maximum atomic E-state index is 5.85. The summed E-state index contributed by atoms with van der Waals surface area (Å²) in [4.78, 5) is 4.90. The highest BCUT2D eigenvalue weighted by molar-refractivity contribution is 5.32. The van der Waals surface area contributed by atoms with Gasteiger partial charge in [0.25, 0.3) is 0 Å². The van der Waals surface area contributed by atoms with Gasteiger partial charge in [0.05, 0.1) is 0 Å². The minimum Gasteiger partial charge on any atom is -0.457 e. The molecular formula is C20H26N2O. The van der Waals surface area contributed by atoms with Crippen molar-refractivity contribution in [3.63, 3.8) is 0 Å². The smallest absolute Gasteiger partial charge is 0.127 e. The van der Waals surface area contributed by atoms with Crippen LogP contribution in [0.3, 0.4) is 0 Å². The van der Waals surface area contributed by atoms with Crippen LogP contribution in [0.4, 0.5) is 0 Å². The molecule has 1 aliphatic rings. The molecule has 0 atom stereocenters. The first-order valence-electron chi connectivity index (χ1n) is 8.41. The van der Waals surface area contributed by atoms with Gasteiger partial charge in [-0.2, -0.15) is 0 Å². The van der Waals surface area contributed by atoms with Gasteiger partial charge in [0.1, 0.15) is 11.5 Å². The number of hydrogen-bond acceptors (Lipinski definition) is 3. The summed E-state index contributed by atoms with van der Waals surface area (Å²) < 4.78 is 5.85. The topological polar surface area (TPSA) is 15.7 Å². The van der Waals surface area contributed by atoms with Crippen molar-refractivity contribution in [3.05, 3.63) is 60.2 Å². The number of benzene rings is 2. The fourth-order valence-corrected chi connectivity index (χ4v) is 3.14. The average Bonchev–Trinajstić information content (AvgIpc) is 2.58. The molecule has 2 aromatic rings. The Morgan fingerprint density at radius 3 is 2.22 bits per heavy atom. The minimum absolute atomic E-state index is 0.700. The van der Waals surface area contributed by atoms with Gasteiger partial charge >= 0.3 is 0 Å². The molecule has 2 aromatic carbocycles. The molecule has 0 N–H and O–H groups in total. The minimum atomic E-state index is 0.700. The van der Waals surface area contributed by atoms with Crippen LogP contribution in [-0.2, 0) is 6.54 Å². The van der Waals surface area contributed by atoms with Gasteiger partial charge in [-0.05, 0) is 69.9 Å². The lowest BCUT2D eigenvalue weighted by Crippen LogP contribution is -2.41. The van der Waals surface area contributed by atoms with Crippen LogP contribution in [0, 0.1) is 0 Å². The van der Waals surface area contributed by atoms with Gasteiger partial charge in [0.15, 0.2) is 0 Å². The van der Waals surface area contributed by atoms with Crippen molar-refractivity contribution < 1.29 is 4.74 Å². The van der Waals surface area contributed by atoms with Crippen LogP contribution in [0.1, 0.15) is 18.4 Å². The maximum absolute atomic E-state index is 5.85. The number of ether oxygens (including phenoxy) is 1. The lowest BCUT2D eigenvalue weighted by molar-refractivity contribution is 0.139. The van der Waals surface area contributed by atoms with E-state index in [1.54, 1.807) is 0 Å². The lowest BCUT2D eigenvalue weighted by Gasteiger charge is -2.35. The number of likely N-dealkylation sites (tertiary alicyclic amines) is 1. The summed E-state index contributed by atoms with van der Waals surface area (Å²) >= 11 is 0. The van der Waals surface area contributed by atoms with E-state index in [0.29, 0.717) is 6.04 Å². The second-order valence-corrected chi connectivity index (χ2v) is 6.51. The number of nitrogens with zero attached hydrogens (tertiary/aromatic N) is 2. The van der Waals surface area contributed by atoms with Crippen LogP contribution < -0.4 is 4.74 Å². The molecule has 0 amide bonds. The Morgan fingerprint density at radius 1 is 0.957 bits per heavy atom. The average molecular weight is 310 g/mol. The summed E-state index contributed by atoms with van der Waals surface area (Å²) in [5.74, 6) is 1.77. The third-order valence-electron chi connectivity index (χ3n) is 4.65. The van der Waals surface area contributed by atoms with E-state index >= 15 is 0 Å². The first-order valence-corrected chi connectivity index (χ1v) is 8.41. The van der Waals surface area contributed by atoms with E-state index in [0.717, 1.165) is 18.0 Å². The quantitative estimate of drug-likeness (QED) is 0.830.